The molecular weight excluding hydrogens is 804 g/mol. The molecule has 9 rings (SSSR count). The van der Waals surface area contributed by atoms with Gasteiger partial charge in [-0.05, 0) is 82.8 Å². The standard InChI is InChI=1S/C46H42N4.Pt/c1-31-21-23-47-43(27-31)49-25-9-11-32-17-19-35(28-41(32)49)46(39-15-7-5-13-37(39)38-14-6-8-16-40(38)46)36-20-18-33-12-10-26-50(42(33)29-36)44-30-34(22-24-48-44)45(2,3)4;/h5-8,13-24,27,30H,9-12,25-26H2,1-4H3;/q-2;+2. The molecule has 2 aromatic heterocycles. The van der Waals surface area contributed by atoms with Crippen molar-refractivity contribution in [3.05, 3.63) is 166 Å². The molecule has 0 unspecified atom stereocenters. The Balaban J connectivity index is 0.00000374. The van der Waals surface area contributed by atoms with Crippen LogP contribution in [0.5, 0.6) is 0 Å². The molecule has 0 bridgehead atoms. The summed E-state index contributed by atoms with van der Waals surface area (Å²) in [5, 5.41) is 0. The zero-order valence-electron chi connectivity index (χ0n) is 29.7. The topological polar surface area (TPSA) is 32.3 Å². The summed E-state index contributed by atoms with van der Waals surface area (Å²) in [4.78, 5) is 14.5. The quantitative estimate of drug-likeness (QED) is 0.165. The number of fused-ring (bicyclic) bond motifs is 5. The molecule has 0 saturated carbocycles. The second kappa shape index (κ2) is 12.9. The molecule has 256 valence electrons. The first kappa shape index (κ1) is 33.6. The molecule has 0 radical (unpaired) electrons. The minimum Gasteiger partial charge on any atom is -0.350 e. The Hall–Kier alpha value is -4.53. The van der Waals surface area contributed by atoms with Crippen LogP contribution in [0.1, 0.15) is 78.1 Å². The van der Waals surface area contributed by atoms with Crippen molar-refractivity contribution in [1.29, 1.82) is 0 Å². The van der Waals surface area contributed by atoms with E-state index in [9.17, 15) is 0 Å². The number of pyridine rings is 2. The zero-order chi connectivity index (χ0) is 34.0. The third kappa shape index (κ3) is 5.46. The fraction of sp³-hybridized carbons (Fsp3) is 0.261. The van der Waals surface area contributed by atoms with Gasteiger partial charge in [-0.1, -0.05) is 93.5 Å². The van der Waals surface area contributed by atoms with Gasteiger partial charge in [0.2, 0.25) is 0 Å². The van der Waals surface area contributed by atoms with Crippen molar-refractivity contribution in [2.45, 2.75) is 64.2 Å². The van der Waals surface area contributed by atoms with Gasteiger partial charge < -0.3 is 9.80 Å². The molecule has 1 aliphatic carbocycles. The molecule has 4 aromatic carbocycles. The van der Waals surface area contributed by atoms with Crippen LogP contribution in [0.4, 0.5) is 23.0 Å². The third-order valence-electron chi connectivity index (χ3n) is 11.0. The molecule has 0 atom stereocenters. The Morgan fingerprint density at radius 2 is 1.14 bits per heavy atom. The van der Waals surface area contributed by atoms with Crippen LogP contribution < -0.4 is 9.80 Å². The first-order chi connectivity index (χ1) is 24.3. The number of benzene rings is 4. The Morgan fingerprint density at radius 3 is 1.67 bits per heavy atom. The average Bonchev–Trinajstić information content (AvgIpc) is 3.45. The normalized spacial score (nSPS) is 15.7. The Morgan fingerprint density at radius 1 is 0.627 bits per heavy atom. The van der Waals surface area contributed by atoms with Gasteiger partial charge in [-0.15, -0.1) is 22.3 Å². The van der Waals surface area contributed by atoms with E-state index in [1.54, 1.807) is 0 Å². The zero-order valence-corrected chi connectivity index (χ0v) is 32.0. The van der Waals surface area contributed by atoms with Crippen molar-refractivity contribution in [2.24, 2.45) is 0 Å². The van der Waals surface area contributed by atoms with Gasteiger partial charge in [0, 0.05) is 30.9 Å². The van der Waals surface area contributed by atoms with Gasteiger partial charge in [0.15, 0.2) is 0 Å². The fourth-order valence-corrected chi connectivity index (χ4v) is 8.55. The van der Waals surface area contributed by atoms with E-state index in [2.05, 4.69) is 147 Å². The molecule has 0 N–H and O–H groups in total. The van der Waals surface area contributed by atoms with Gasteiger partial charge in [-0.3, -0.25) is 0 Å². The smallest absolute Gasteiger partial charge is 0.350 e. The molecule has 4 nitrogen and oxygen atoms in total. The van der Waals surface area contributed by atoms with E-state index in [0.717, 1.165) is 72.9 Å². The van der Waals surface area contributed by atoms with Gasteiger partial charge in [0.1, 0.15) is 11.6 Å². The number of rotatable bonds is 4. The van der Waals surface area contributed by atoms with Gasteiger partial charge >= 0.3 is 21.1 Å². The summed E-state index contributed by atoms with van der Waals surface area (Å²) in [5.41, 5.74) is 14.2. The molecule has 0 fully saturated rings. The average molecular weight is 846 g/mol. The molecule has 0 amide bonds. The summed E-state index contributed by atoms with van der Waals surface area (Å²) < 4.78 is 0. The van der Waals surface area contributed by atoms with Gasteiger partial charge in [-0.25, -0.2) is 9.97 Å². The summed E-state index contributed by atoms with van der Waals surface area (Å²) >= 11 is 0. The van der Waals surface area contributed by atoms with Crippen LogP contribution in [-0.2, 0) is 44.7 Å². The summed E-state index contributed by atoms with van der Waals surface area (Å²) in [6.07, 6.45) is 8.13. The number of hydrogen-bond donors (Lipinski definition) is 0. The molecule has 0 spiro atoms. The minimum atomic E-state index is -0.607. The maximum absolute atomic E-state index is 4.93. The Kier molecular flexibility index (Phi) is 8.50. The molecule has 2 aliphatic heterocycles. The first-order valence-corrected chi connectivity index (χ1v) is 18.1. The molecule has 6 aromatic rings. The largest absolute Gasteiger partial charge is 2.00 e. The summed E-state index contributed by atoms with van der Waals surface area (Å²) in [6.45, 7) is 10.8. The van der Waals surface area contributed by atoms with Crippen LogP contribution in [0.3, 0.4) is 0 Å². The van der Waals surface area contributed by atoms with Crippen LogP contribution in [0.2, 0.25) is 0 Å². The summed E-state index contributed by atoms with van der Waals surface area (Å²) in [7, 11) is 0. The molecular formula is C46H42N4Pt. The van der Waals surface area contributed by atoms with E-state index >= 15 is 0 Å². The van der Waals surface area contributed by atoms with Gasteiger partial charge in [0.25, 0.3) is 0 Å². The molecule has 51 heavy (non-hydrogen) atoms. The molecule has 0 saturated heterocycles. The van der Waals surface area contributed by atoms with E-state index in [1.165, 1.54) is 44.5 Å². The number of aromatic nitrogens is 2. The summed E-state index contributed by atoms with van der Waals surface area (Å²) in [6, 6.07) is 44.2. The second-order valence-electron chi connectivity index (χ2n) is 15.2. The van der Waals surface area contributed by atoms with Crippen LogP contribution in [-0.4, -0.2) is 23.1 Å². The van der Waals surface area contributed by atoms with Gasteiger partial charge in [0.05, 0.1) is 0 Å². The number of hydrogen-bond acceptors (Lipinski definition) is 4. The monoisotopic (exact) mass is 845 g/mol. The van der Waals surface area contributed by atoms with Crippen LogP contribution >= 0.6 is 0 Å². The van der Waals surface area contributed by atoms with Crippen LogP contribution in [0.25, 0.3) is 11.1 Å². The first-order valence-electron chi connectivity index (χ1n) is 18.1. The van der Waals surface area contributed by atoms with Crippen molar-refractivity contribution in [1.82, 2.24) is 9.97 Å². The molecule has 3 aliphatic rings. The number of nitrogens with zero attached hydrogens (tertiary/aromatic N) is 4. The Bertz CT molecular complexity index is 2220. The second-order valence-corrected chi connectivity index (χ2v) is 15.2. The van der Waals surface area contributed by atoms with Crippen molar-refractivity contribution < 1.29 is 21.1 Å². The maximum Gasteiger partial charge on any atom is 2.00 e. The van der Waals surface area contributed by atoms with Crippen molar-refractivity contribution in [3.8, 4) is 11.1 Å². The third-order valence-corrected chi connectivity index (χ3v) is 11.0. The fourth-order valence-electron chi connectivity index (χ4n) is 8.55. The number of aryl methyl sites for hydroxylation is 3. The van der Waals surface area contributed by atoms with E-state index in [-0.39, 0.29) is 26.5 Å². The molecule has 5 heteroatoms. The molecule has 4 heterocycles. The maximum atomic E-state index is 4.93. The van der Waals surface area contributed by atoms with E-state index in [1.807, 2.05) is 12.4 Å². The number of anilines is 4. The van der Waals surface area contributed by atoms with Crippen LogP contribution in [0.15, 0.2) is 109 Å². The SMILES string of the molecule is Cc1ccnc(N2CCCc3ccc(C4(c5[c-]c6c(cc5)CCCN6c5cc(C(C)(C)C)ccn5)c5ccccc5-c5ccccc54)[c-]c32)c1.[Pt+2]. The van der Waals surface area contributed by atoms with Crippen molar-refractivity contribution in [2.75, 3.05) is 22.9 Å². The predicted octanol–water partition coefficient (Wildman–Crippen LogP) is 10.2. The predicted molar refractivity (Wildman–Crippen MR) is 204 cm³/mol. The summed E-state index contributed by atoms with van der Waals surface area (Å²) in [5.74, 6) is 1.98. The van der Waals surface area contributed by atoms with Gasteiger partial charge in [-0.2, -0.15) is 36.4 Å². The minimum absolute atomic E-state index is 0. The van der Waals surface area contributed by atoms with E-state index in [4.69, 9.17) is 9.97 Å². The van der Waals surface area contributed by atoms with Crippen molar-refractivity contribution in [3.63, 3.8) is 0 Å². The van der Waals surface area contributed by atoms with Crippen LogP contribution in [0, 0.1) is 19.1 Å². The van der Waals surface area contributed by atoms with E-state index < -0.39 is 5.41 Å². The van der Waals surface area contributed by atoms with E-state index in [0.29, 0.717) is 0 Å². The van der Waals surface area contributed by atoms with Crippen molar-refractivity contribution >= 4 is 23.0 Å². The Labute approximate surface area is 316 Å².